The summed E-state index contributed by atoms with van der Waals surface area (Å²) < 4.78 is 44.2. The Bertz CT molecular complexity index is 1360. The van der Waals surface area contributed by atoms with Gasteiger partial charge >= 0.3 is 0 Å². The Morgan fingerprint density at radius 1 is 1.03 bits per heavy atom. The molecule has 0 radical (unpaired) electrons. The predicted octanol–water partition coefficient (Wildman–Crippen LogP) is 2.87. The van der Waals surface area contributed by atoms with Gasteiger partial charge in [-0.25, -0.2) is 8.42 Å². The van der Waals surface area contributed by atoms with Crippen molar-refractivity contribution in [2.45, 2.75) is 4.90 Å². The first-order valence-corrected chi connectivity index (χ1v) is 12.0. The molecular weight excluding hydrogens is 474 g/mol. The molecule has 3 aromatic rings. The summed E-state index contributed by atoms with van der Waals surface area (Å²) in [5.41, 5.74) is 0.923. The Balaban J connectivity index is 1.59. The summed E-state index contributed by atoms with van der Waals surface area (Å²) in [7, 11) is -0.998. The van der Waals surface area contributed by atoms with Crippen LogP contribution in [0.15, 0.2) is 71.6 Å². The Labute approximate surface area is 202 Å². The third-order valence-electron chi connectivity index (χ3n) is 5.19. The van der Waals surface area contributed by atoms with Crippen LogP contribution in [0.3, 0.4) is 0 Å². The average Bonchev–Trinajstić information content (AvgIpc) is 2.85. The minimum absolute atomic E-state index is 0.0849. The quantitative estimate of drug-likeness (QED) is 0.491. The van der Waals surface area contributed by atoms with Crippen LogP contribution in [-0.4, -0.2) is 47.6 Å². The molecule has 1 heterocycles. The van der Waals surface area contributed by atoms with Crippen molar-refractivity contribution in [2.75, 3.05) is 42.3 Å². The minimum atomic E-state index is -3.96. The monoisotopic (exact) mass is 497 g/mol. The SMILES string of the molecule is COc1ccc(OC)c(NC(=O)CN2C(=O)COc3ccc(S(=O)(=O)Nc4ccccc4)cc32)c1. The molecule has 0 aliphatic carbocycles. The summed E-state index contributed by atoms with van der Waals surface area (Å²) in [4.78, 5) is 26.6. The summed E-state index contributed by atoms with van der Waals surface area (Å²) in [5, 5.41) is 2.70. The van der Waals surface area contributed by atoms with E-state index in [9.17, 15) is 18.0 Å². The number of fused-ring (bicyclic) bond motifs is 1. The summed E-state index contributed by atoms with van der Waals surface area (Å²) >= 11 is 0. The highest BCUT2D eigenvalue weighted by molar-refractivity contribution is 7.92. The molecule has 4 rings (SSSR count). The van der Waals surface area contributed by atoms with E-state index in [0.717, 1.165) is 0 Å². The molecule has 0 fully saturated rings. The van der Waals surface area contributed by atoms with Crippen LogP contribution in [-0.2, 0) is 19.6 Å². The molecular formula is C24H23N3O7S. The van der Waals surface area contributed by atoms with Gasteiger partial charge in [-0.2, -0.15) is 0 Å². The largest absolute Gasteiger partial charge is 0.497 e. The summed E-state index contributed by atoms with van der Waals surface area (Å²) in [5.74, 6) is 0.196. The average molecular weight is 498 g/mol. The van der Waals surface area contributed by atoms with Gasteiger partial charge in [-0.1, -0.05) is 18.2 Å². The molecule has 3 aromatic carbocycles. The molecule has 10 nitrogen and oxygen atoms in total. The number of anilines is 3. The first kappa shape index (κ1) is 23.9. The number of para-hydroxylation sites is 1. The molecule has 2 amide bonds. The van der Waals surface area contributed by atoms with Crippen molar-refractivity contribution in [3.8, 4) is 17.2 Å². The Morgan fingerprint density at radius 2 is 1.80 bits per heavy atom. The standard InChI is InChI=1S/C24H23N3O7S/c1-32-17-8-10-21(33-2)19(12-17)25-23(28)14-27-20-13-18(9-11-22(20)34-15-24(27)29)35(30,31)26-16-6-4-3-5-7-16/h3-13,26H,14-15H2,1-2H3,(H,25,28). The molecule has 0 saturated carbocycles. The molecule has 1 aliphatic heterocycles. The van der Waals surface area contributed by atoms with Crippen LogP contribution < -0.4 is 29.1 Å². The first-order chi connectivity index (χ1) is 16.8. The number of ether oxygens (including phenoxy) is 3. The number of amides is 2. The van der Waals surface area contributed by atoms with Crippen molar-refractivity contribution in [3.05, 3.63) is 66.7 Å². The first-order valence-electron chi connectivity index (χ1n) is 10.5. The summed E-state index contributed by atoms with van der Waals surface area (Å²) in [6.07, 6.45) is 0. The predicted molar refractivity (Wildman–Crippen MR) is 130 cm³/mol. The number of hydrogen-bond acceptors (Lipinski definition) is 7. The third-order valence-corrected chi connectivity index (χ3v) is 6.57. The van der Waals surface area contributed by atoms with Gasteiger partial charge in [0.15, 0.2) is 6.61 Å². The van der Waals surface area contributed by atoms with Gasteiger partial charge in [0.1, 0.15) is 23.8 Å². The lowest BCUT2D eigenvalue weighted by molar-refractivity contribution is -0.123. The Kier molecular flexibility index (Phi) is 6.78. The van der Waals surface area contributed by atoms with Crippen LogP contribution in [0.25, 0.3) is 0 Å². The number of methoxy groups -OCH3 is 2. The van der Waals surface area contributed by atoms with Crippen LogP contribution in [0.5, 0.6) is 17.2 Å². The maximum atomic E-state index is 12.9. The van der Waals surface area contributed by atoms with Gasteiger partial charge in [0.25, 0.3) is 15.9 Å². The fraction of sp³-hybridized carbons (Fsp3) is 0.167. The highest BCUT2D eigenvalue weighted by Gasteiger charge is 2.29. The molecule has 0 aromatic heterocycles. The van der Waals surface area contributed by atoms with Gasteiger partial charge in [-0.15, -0.1) is 0 Å². The molecule has 35 heavy (non-hydrogen) atoms. The lowest BCUT2D eigenvalue weighted by Gasteiger charge is -2.29. The molecule has 11 heteroatoms. The second-order valence-corrected chi connectivity index (χ2v) is 9.17. The Hall–Kier alpha value is -4.25. The molecule has 0 saturated heterocycles. The molecule has 1 aliphatic rings. The number of sulfonamides is 1. The number of benzene rings is 3. The zero-order chi connectivity index (χ0) is 25.0. The van der Waals surface area contributed by atoms with E-state index in [-0.39, 0.29) is 29.5 Å². The maximum Gasteiger partial charge on any atom is 0.265 e. The highest BCUT2D eigenvalue weighted by atomic mass is 32.2. The Morgan fingerprint density at radius 3 is 2.51 bits per heavy atom. The van der Waals surface area contributed by atoms with Crippen molar-refractivity contribution in [1.82, 2.24) is 0 Å². The van der Waals surface area contributed by atoms with E-state index < -0.39 is 21.8 Å². The highest BCUT2D eigenvalue weighted by Crippen LogP contribution is 2.35. The number of rotatable bonds is 8. The van der Waals surface area contributed by atoms with Crippen molar-refractivity contribution in [3.63, 3.8) is 0 Å². The second-order valence-electron chi connectivity index (χ2n) is 7.48. The summed E-state index contributed by atoms with van der Waals surface area (Å²) in [6.45, 7) is -0.651. The van der Waals surface area contributed by atoms with E-state index in [1.165, 1.54) is 37.3 Å². The van der Waals surface area contributed by atoms with Gasteiger partial charge in [0, 0.05) is 11.8 Å². The lowest BCUT2D eigenvalue weighted by atomic mass is 10.2. The van der Waals surface area contributed by atoms with Crippen LogP contribution in [0.4, 0.5) is 17.1 Å². The van der Waals surface area contributed by atoms with E-state index in [0.29, 0.717) is 22.9 Å². The van der Waals surface area contributed by atoms with E-state index in [1.807, 2.05) is 0 Å². The van der Waals surface area contributed by atoms with Gasteiger partial charge in [0.2, 0.25) is 5.91 Å². The van der Waals surface area contributed by atoms with Crippen LogP contribution in [0, 0.1) is 0 Å². The number of nitrogens with one attached hydrogen (secondary N) is 2. The van der Waals surface area contributed by atoms with Crippen LogP contribution >= 0.6 is 0 Å². The van der Waals surface area contributed by atoms with E-state index in [1.54, 1.807) is 48.5 Å². The zero-order valence-corrected chi connectivity index (χ0v) is 19.8. The fourth-order valence-electron chi connectivity index (χ4n) is 3.49. The van der Waals surface area contributed by atoms with Gasteiger partial charge in [0.05, 0.1) is 30.5 Å². The van der Waals surface area contributed by atoms with Gasteiger partial charge < -0.3 is 19.5 Å². The molecule has 0 bridgehead atoms. The number of carbonyl (C=O) groups is 2. The number of nitrogens with zero attached hydrogens (tertiary/aromatic N) is 1. The van der Waals surface area contributed by atoms with Crippen molar-refractivity contribution >= 4 is 38.9 Å². The van der Waals surface area contributed by atoms with Crippen LogP contribution in [0.1, 0.15) is 0 Å². The van der Waals surface area contributed by atoms with Crippen molar-refractivity contribution < 1.29 is 32.2 Å². The number of carbonyl (C=O) groups excluding carboxylic acids is 2. The third kappa shape index (κ3) is 5.30. The molecule has 0 spiro atoms. The molecule has 2 N–H and O–H groups in total. The topological polar surface area (TPSA) is 123 Å². The smallest absolute Gasteiger partial charge is 0.265 e. The second kappa shape index (κ2) is 9.94. The van der Waals surface area contributed by atoms with E-state index >= 15 is 0 Å². The fourth-order valence-corrected chi connectivity index (χ4v) is 4.57. The lowest BCUT2D eigenvalue weighted by Crippen LogP contribution is -2.43. The molecule has 0 unspecified atom stereocenters. The molecule has 182 valence electrons. The molecule has 0 atom stereocenters. The number of hydrogen-bond donors (Lipinski definition) is 2. The van der Waals surface area contributed by atoms with E-state index in [2.05, 4.69) is 10.0 Å². The maximum absolute atomic E-state index is 12.9. The minimum Gasteiger partial charge on any atom is -0.497 e. The normalized spacial score (nSPS) is 12.9. The van der Waals surface area contributed by atoms with E-state index in [4.69, 9.17) is 14.2 Å². The summed E-state index contributed by atoms with van der Waals surface area (Å²) in [6, 6.07) is 17.5. The van der Waals surface area contributed by atoms with Gasteiger partial charge in [-0.3, -0.25) is 19.2 Å². The zero-order valence-electron chi connectivity index (χ0n) is 19.0. The van der Waals surface area contributed by atoms with Crippen molar-refractivity contribution in [1.29, 1.82) is 0 Å². The van der Waals surface area contributed by atoms with Gasteiger partial charge in [-0.05, 0) is 42.5 Å². The van der Waals surface area contributed by atoms with Crippen molar-refractivity contribution in [2.24, 2.45) is 0 Å². The van der Waals surface area contributed by atoms with Crippen LogP contribution in [0.2, 0.25) is 0 Å².